The third-order valence-corrected chi connectivity index (χ3v) is 15.3. The van der Waals surface area contributed by atoms with Gasteiger partial charge in [-0.25, -0.2) is 33.1 Å². The number of carbonyl (C=O) groups is 1. The highest BCUT2D eigenvalue weighted by molar-refractivity contribution is 8.54. The van der Waals surface area contributed by atoms with Gasteiger partial charge in [0.05, 0.1) is 19.5 Å². The van der Waals surface area contributed by atoms with Crippen LogP contribution in [0.3, 0.4) is 0 Å². The molecule has 4 aromatic rings. The number of hydrogen-bond acceptors (Lipinski definition) is 18. The Bertz CT molecular complexity index is 2410. The lowest BCUT2D eigenvalue weighted by Gasteiger charge is -2.32. The lowest BCUT2D eigenvalue weighted by Crippen LogP contribution is -2.38. The van der Waals surface area contributed by atoms with Crippen molar-refractivity contribution in [2.45, 2.75) is 126 Å². The van der Waals surface area contributed by atoms with Crippen LogP contribution in [-0.4, -0.2) is 85.0 Å². The Labute approximate surface area is 363 Å². The van der Waals surface area contributed by atoms with E-state index in [2.05, 4.69) is 21.9 Å². The van der Waals surface area contributed by atoms with E-state index in [4.69, 9.17) is 38.0 Å². The van der Waals surface area contributed by atoms with Gasteiger partial charge in [-0.05, 0) is 35.5 Å². The number of unbranched alkanes of at least 4 members (excludes halogenated alkanes) is 8. The maximum absolute atomic E-state index is 16.4. The van der Waals surface area contributed by atoms with Crippen LogP contribution in [0.2, 0.25) is 0 Å². The second kappa shape index (κ2) is 21.0. The summed E-state index contributed by atoms with van der Waals surface area (Å²) in [6.07, 6.45) is -1.66. The molecule has 20 nitrogen and oxygen atoms in total. The number of nitrogens with zero attached hydrogens (tertiary/aromatic N) is 5. The van der Waals surface area contributed by atoms with Crippen molar-refractivity contribution in [1.29, 1.82) is 0 Å². The van der Waals surface area contributed by atoms with Crippen LogP contribution in [0.5, 0.6) is 5.75 Å². The molecule has 10 atom stereocenters. The molecule has 0 aliphatic carbocycles. The number of anilines is 1. The van der Waals surface area contributed by atoms with Crippen molar-refractivity contribution in [3.05, 3.63) is 75.6 Å². The summed E-state index contributed by atoms with van der Waals surface area (Å²) >= 11 is 0.607. The van der Waals surface area contributed by atoms with Crippen LogP contribution in [0, 0.1) is 0 Å². The smallest absolute Gasteiger partial charge is 0.389 e. The number of carbonyl (C=O) groups excluding carboxylic acids is 1. The van der Waals surface area contributed by atoms with E-state index < -0.39 is 88.3 Å². The Hall–Kier alpha value is -3.89. The highest BCUT2D eigenvalue weighted by Gasteiger charge is 2.54. The highest BCUT2D eigenvalue weighted by Crippen LogP contribution is 2.64. The standard InChI is InChI=1S/C38H49F2N7O13P2S/c1-2-3-4-5-6-7-8-9-10-11-28(49)56-24-14-12-23(13-15-24)20-63-62(53)55-19-26-32(29(39)37(58-26)47-22-44-31-34(41)42-21-43-35(31)47)59-61(51,52)54-18-25-33(60-62)30(40)36(57-25)46-17-16-27(48)45-38(46)50/h12-17,21-22,25-26,29-30,32-33,36-37H,2-11,18-20H2,1H3,(H,51,52)(H2,41,42,43)(H,45,48,50)/p-1/t25-,26-,29-,30-,32-,33-,36-,37-,62?/m1/s1. The lowest BCUT2D eigenvalue weighted by molar-refractivity contribution is -0.235. The number of alkyl halides is 2. The first-order valence-corrected chi connectivity index (χ1v) is 25.2. The quantitative estimate of drug-likeness (QED) is 0.0601. The minimum Gasteiger partial charge on any atom is -0.756 e. The molecule has 0 radical (unpaired) electrons. The van der Waals surface area contributed by atoms with Crippen molar-refractivity contribution in [1.82, 2.24) is 29.1 Å². The van der Waals surface area contributed by atoms with Gasteiger partial charge < -0.3 is 33.9 Å². The number of hydrogen-bond donors (Lipinski definition) is 2. The topological polar surface area (TPSA) is 263 Å². The molecule has 7 rings (SSSR count). The second-order valence-electron chi connectivity index (χ2n) is 15.2. The molecule has 3 saturated heterocycles. The van der Waals surface area contributed by atoms with Crippen molar-refractivity contribution < 1.29 is 59.9 Å². The number of phosphoric ester groups is 1. The van der Waals surface area contributed by atoms with E-state index in [1.807, 2.05) is 4.98 Å². The van der Waals surface area contributed by atoms with Crippen molar-refractivity contribution in [3.8, 4) is 5.75 Å². The molecule has 6 heterocycles. The van der Waals surface area contributed by atoms with Crippen LogP contribution in [0.1, 0.15) is 89.2 Å². The number of aromatic nitrogens is 6. The third-order valence-electron chi connectivity index (χ3n) is 10.6. The van der Waals surface area contributed by atoms with Gasteiger partial charge in [0.1, 0.15) is 42.0 Å². The number of nitrogens with one attached hydrogen (secondary N) is 1. The number of fused-ring (bicyclic) bond motifs is 3. The molecule has 1 aromatic carbocycles. The molecule has 3 aliphatic rings. The third kappa shape index (κ3) is 11.7. The molecule has 3 N–H and O–H groups in total. The number of rotatable bonds is 16. The molecule has 344 valence electrons. The summed E-state index contributed by atoms with van der Waals surface area (Å²) in [4.78, 5) is 64.1. The van der Waals surface area contributed by atoms with Gasteiger partial charge >= 0.3 is 18.5 Å². The normalized spacial score (nSPS) is 30.0. The van der Waals surface area contributed by atoms with E-state index in [0.717, 1.165) is 48.7 Å². The maximum Gasteiger partial charge on any atom is 0.389 e. The summed E-state index contributed by atoms with van der Waals surface area (Å²) in [6.45, 7) is -4.26. The summed E-state index contributed by atoms with van der Waals surface area (Å²) in [7, 11) is -5.47. The van der Waals surface area contributed by atoms with Gasteiger partial charge in [0, 0.05) is 24.4 Å². The Balaban J connectivity index is 1.07. The monoisotopic (exact) mass is 942 g/mol. The Morgan fingerprint density at radius 2 is 1.52 bits per heavy atom. The van der Waals surface area contributed by atoms with Crippen molar-refractivity contribution in [2.75, 3.05) is 18.9 Å². The predicted molar refractivity (Wildman–Crippen MR) is 221 cm³/mol. The number of esters is 1. The molecule has 0 saturated carbocycles. The number of benzene rings is 1. The number of imidazole rings is 1. The molecule has 3 aromatic heterocycles. The van der Waals surface area contributed by atoms with Crippen LogP contribution in [-0.2, 0) is 47.2 Å². The van der Waals surface area contributed by atoms with Gasteiger partial charge in [0.25, 0.3) is 13.4 Å². The van der Waals surface area contributed by atoms with Crippen LogP contribution in [0.15, 0.2) is 58.8 Å². The van der Waals surface area contributed by atoms with Crippen LogP contribution >= 0.6 is 26.0 Å². The predicted octanol–water partition coefficient (Wildman–Crippen LogP) is 5.58. The Morgan fingerprint density at radius 1 is 0.889 bits per heavy atom. The second-order valence-corrected chi connectivity index (χ2v) is 20.6. The SMILES string of the molecule is CCCCCCCCCCCC(=O)Oc1ccc(CSP2(=O)OC[C@H]3O[C@@H](n4cnc5c(N)ncnc54)[C@H](F)[C@@H]3OP(=O)([O-])OC[C@H]3O[C@@H](n4ccc(=O)[nH]c4=O)[C@H](F)[C@@H]3O2)cc1. The average Bonchev–Trinajstić information content (AvgIpc) is 3.91. The van der Waals surface area contributed by atoms with Gasteiger partial charge in [-0.1, -0.05) is 70.4 Å². The number of phosphoric acid groups is 1. The van der Waals surface area contributed by atoms with Gasteiger partial charge in [-0.3, -0.25) is 37.3 Å². The molecule has 63 heavy (non-hydrogen) atoms. The van der Waals surface area contributed by atoms with Crippen LogP contribution in [0.25, 0.3) is 11.2 Å². The molecule has 0 amide bonds. The average molecular weight is 943 g/mol. The molecule has 2 unspecified atom stereocenters. The molecule has 0 spiro atoms. The zero-order chi connectivity index (χ0) is 44.7. The summed E-state index contributed by atoms with van der Waals surface area (Å²) in [5.41, 5.74) is 4.76. The fourth-order valence-corrected chi connectivity index (χ4v) is 11.7. The minimum atomic E-state index is -5.47. The number of ether oxygens (including phenoxy) is 3. The fraction of sp³-hybridized carbons (Fsp3) is 0.579. The fourth-order valence-electron chi connectivity index (χ4n) is 7.37. The number of halogens is 2. The van der Waals surface area contributed by atoms with Crippen LogP contribution < -0.4 is 26.6 Å². The first-order valence-electron chi connectivity index (χ1n) is 20.6. The Kier molecular flexibility index (Phi) is 15.7. The number of nitrogens with two attached hydrogens (primary N) is 1. The molecular formula is C38H48F2N7O13P2S-. The first-order chi connectivity index (χ1) is 30.2. The van der Waals surface area contributed by atoms with Crippen LogP contribution in [0.4, 0.5) is 14.6 Å². The summed E-state index contributed by atoms with van der Waals surface area (Å²) in [5, 5.41) is 0. The van der Waals surface area contributed by atoms with E-state index in [0.29, 0.717) is 33.7 Å². The molecule has 0 bridgehead atoms. The van der Waals surface area contributed by atoms with Gasteiger partial charge in [-0.2, -0.15) is 0 Å². The highest BCUT2D eigenvalue weighted by atomic mass is 32.7. The van der Waals surface area contributed by atoms with Crippen molar-refractivity contribution in [2.24, 2.45) is 0 Å². The summed E-state index contributed by atoms with van der Waals surface area (Å²) < 4.78 is 102. The van der Waals surface area contributed by atoms with Gasteiger partial charge in [0.15, 0.2) is 36.3 Å². The van der Waals surface area contributed by atoms with E-state index >= 15 is 8.78 Å². The summed E-state index contributed by atoms with van der Waals surface area (Å²) in [5.74, 6) is -0.186. The first kappa shape index (κ1) is 47.1. The molecule has 3 fully saturated rings. The van der Waals surface area contributed by atoms with Crippen molar-refractivity contribution in [3.63, 3.8) is 0 Å². The van der Waals surface area contributed by atoms with Gasteiger partial charge in [0.2, 0.25) is 0 Å². The number of aromatic amines is 1. The molecule has 25 heteroatoms. The maximum atomic E-state index is 16.4. The zero-order valence-corrected chi connectivity index (χ0v) is 36.7. The lowest BCUT2D eigenvalue weighted by atomic mass is 10.1. The van der Waals surface area contributed by atoms with Gasteiger partial charge in [-0.15, -0.1) is 0 Å². The number of nitrogen functional groups attached to an aromatic ring is 1. The largest absolute Gasteiger partial charge is 0.756 e. The summed E-state index contributed by atoms with van der Waals surface area (Å²) in [6, 6.07) is 7.27. The molecule has 3 aliphatic heterocycles. The Morgan fingerprint density at radius 3 is 2.21 bits per heavy atom. The van der Waals surface area contributed by atoms with E-state index in [9.17, 15) is 28.4 Å². The van der Waals surface area contributed by atoms with Crippen molar-refractivity contribution >= 4 is 49.0 Å². The number of H-pyrrole nitrogens is 1. The van der Waals surface area contributed by atoms with E-state index in [-0.39, 0.29) is 35.1 Å². The van der Waals surface area contributed by atoms with E-state index in [1.54, 1.807) is 24.3 Å². The molecular weight excluding hydrogens is 894 g/mol. The van der Waals surface area contributed by atoms with E-state index in [1.165, 1.54) is 32.1 Å². The zero-order valence-electron chi connectivity index (χ0n) is 34.1. The minimum absolute atomic E-state index is 0.0163.